The lowest BCUT2D eigenvalue weighted by atomic mass is 10.0. The van der Waals surface area contributed by atoms with E-state index in [1.165, 1.54) is 22.6 Å². The minimum absolute atomic E-state index is 0.415. The van der Waals surface area contributed by atoms with Crippen LogP contribution in [-0.4, -0.2) is 9.57 Å². The van der Waals surface area contributed by atoms with E-state index in [4.69, 9.17) is 0 Å². The van der Waals surface area contributed by atoms with Gasteiger partial charge in [0.05, 0.1) is 0 Å². The molecule has 0 saturated heterocycles. The van der Waals surface area contributed by atoms with E-state index in [2.05, 4.69) is 0 Å². The molecular formula is C10H9IO2. The van der Waals surface area contributed by atoms with Gasteiger partial charge in [-0.25, -0.2) is 0 Å². The molecule has 1 aromatic carbocycles. The summed E-state index contributed by atoms with van der Waals surface area (Å²) in [5.74, 6) is -0.415. The van der Waals surface area contributed by atoms with E-state index in [0.717, 1.165) is 11.1 Å². The summed E-state index contributed by atoms with van der Waals surface area (Å²) in [6, 6.07) is 5.51. The van der Waals surface area contributed by atoms with Gasteiger partial charge in [0.25, 0.3) is 3.79 Å². The Bertz CT molecular complexity index is 369. The van der Waals surface area contributed by atoms with E-state index in [0.29, 0.717) is 5.56 Å². The van der Waals surface area contributed by atoms with Crippen molar-refractivity contribution < 1.29 is 9.59 Å². The summed E-state index contributed by atoms with van der Waals surface area (Å²) in [7, 11) is 0. The van der Waals surface area contributed by atoms with Crippen LogP contribution in [0.25, 0.3) is 0 Å². The van der Waals surface area contributed by atoms with Gasteiger partial charge in [0.1, 0.15) is 0 Å². The van der Waals surface area contributed by atoms with Crippen molar-refractivity contribution >= 4 is 32.2 Å². The number of halogens is 1. The largest absolute Gasteiger partial charge is 0.284 e. The zero-order chi connectivity index (χ0) is 10.0. The topological polar surface area (TPSA) is 34.1 Å². The van der Waals surface area contributed by atoms with Crippen LogP contribution < -0.4 is 0 Å². The number of Topliss-reactive ketones (excluding diaryl/α,β-unsaturated/α-hetero) is 1. The maximum atomic E-state index is 11.4. The molecule has 0 aliphatic heterocycles. The number of hydrogen-bond acceptors (Lipinski definition) is 2. The summed E-state index contributed by atoms with van der Waals surface area (Å²) in [5, 5.41) is 0. The third-order valence-electron chi connectivity index (χ3n) is 1.82. The van der Waals surface area contributed by atoms with Crippen LogP contribution in [-0.2, 0) is 4.79 Å². The minimum Gasteiger partial charge on any atom is -0.284 e. The third-order valence-corrected chi connectivity index (χ3v) is 2.31. The smallest absolute Gasteiger partial charge is 0.262 e. The first-order valence-corrected chi connectivity index (χ1v) is 4.91. The van der Waals surface area contributed by atoms with E-state index in [1.807, 2.05) is 26.0 Å². The molecule has 0 spiro atoms. The van der Waals surface area contributed by atoms with E-state index < -0.39 is 9.57 Å². The zero-order valence-corrected chi connectivity index (χ0v) is 9.58. The second kappa shape index (κ2) is 4.00. The highest BCUT2D eigenvalue weighted by Gasteiger charge is 2.14. The van der Waals surface area contributed by atoms with Crippen molar-refractivity contribution in [2.24, 2.45) is 0 Å². The van der Waals surface area contributed by atoms with Crippen molar-refractivity contribution in [2.75, 3.05) is 0 Å². The Labute approximate surface area is 90.5 Å². The van der Waals surface area contributed by atoms with Crippen molar-refractivity contribution in [3.05, 3.63) is 34.9 Å². The zero-order valence-electron chi connectivity index (χ0n) is 7.43. The minimum atomic E-state index is -0.439. The highest BCUT2D eigenvalue weighted by atomic mass is 127. The van der Waals surface area contributed by atoms with Crippen LogP contribution >= 0.6 is 22.6 Å². The lowest BCUT2D eigenvalue weighted by molar-refractivity contribution is -0.106. The molecule has 0 amide bonds. The summed E-state index contributed by atoms with van der Waals surface area (Å²) in [6.07, 6.45) is 0. The molecular weight excluding hydrogens is 279 g/mol. The van der Waals surface area contributed by atoms with Crippen LogP contribution in [0.3, 0.4) is 0 Å². The molecule has 0 saturated carbocycles. The average Bonchev–Trinajstić information content (AvgIpc) is 2.08. The first kappa shape index (κ1) is 10.4. The molecule has 13 heavy (non-hydrogen) atoms. The maximum Gasteiger partial charge on any atom is 0.262 e. The summed E-state index contributed by atoms with van der Waals surface area (Å²) < 4.78 is -0.439. The van der Waals surface area contributed by atoms with Gasteiger partial charge in [-0.3, -0.25) is 9.59 Å². The highest BCUT2D eigenvalue weighted by molar-refractivity contribution is 14.1. The van der Waals surface area contributed by atoms with Gasteiger partial charge in [-0.2, -0.15) is 0 Å². The average molecular weight is 288 g/mol. The number of rotatable bonds is 2. The van der Waals surface area contributed by atoms with Gasteiger partial charge in [0, 0.05) is 28.2 Å². The van der Waals surface area contributed by atoms with Gasteiger partial charge in [-0.05, 0) is 25.5 Å². The fourth-order valence-electron chi connectivity index (χ4n) is 1.09. The lowest BCUT2D eigenvalue weighted by Gasteiger charge is -2.02. The van der Waals surface area contributed by atoms with Gasteiger partial charge in [0.2, 0.25) is 5.78 Å². The molecule has 0 fully saturated rings. The third kappa shape index (κ3) is 2.37. The number of ketones is 1. The van der Waals surface area contributed by atoms with E-state index in [1.54, 1.807) is 6.07 Å². The number of aryl methyl sites for hydroxylation is 2. The van der Waals surface area contributed by atoms with Crippen molar-refractivity contribution in [2.45, 2.75) is 13.8 Å². The lowest BCUT2D eigenvalue weighted by Crippen LogP contribution is -2.08. The van der Waals surface area contributed by atoms with Crippen LogP contribution in [0.1, 0.15) is 21.5 Å². The molecule has 3 heteroatoms. The van der Waals surface area contributed by atoms with E-state index in [9.17, 15) is 9.59 Å². The number of benzene rings is 1. The fraction of sp³-hybridized carbons (Fsp3) is 0.200. The molecule has 0 N–H and O–H groups in total. The second-order valence-electron chi connectivity index (χ2n) is 2.92. The molecule has 0 unspecified atom stereocenters. The van der Waals surface area contributed by atoms with Crippen molar-refractivity contribution in [3.8, 4) is 0 Å². The van der Waals surface area contributed by atoms with E-state index >= 15 is 0 Å². The van der Waals surface area contributed by atoms with Crippen LogP contribution in [0.2, 0.25) is 0 Å². The van der Waals surface area contributed by atoms with E-state index in [-0.39, 0.29) is 0 Å². The first-order chi connectivity index (χ1) is 6.02. The molecule has 68 valence electrons. The fourth-order valence-corrected chi connectivity index (χ4v) is 1.38. The van der Waals surface area contributed by atoms with Crippen molar-refractivity contribution in [1.29, 1.82) is 0 Å². The van der Waals surface area contributed by atoms with Crippen LogP contribution in [0.15, 0.2) is 18.2 Å². The van der Waals surface area contributed by atoms with Gasteiger partial charge in [0.15, 0.2) is 0 Å². The summed E-state index contributed by atoms with van der Waals surface area (Å²) in [6.45, 7) is 3.72. The molecule has 0 atom stereocenters. The molecule has 0 aliphatic carbocycles. The number of carbonyl (C=O) groups is 2. The Hall–Kier alpha value is -0.710. The maximum absolute atomic E-state index is 11.4. The van der Waals surface area contributed by atoms with Gasteiger partial charge < -0.3 is 0 Å². The summed E-state index contributed by atoms with van der Waals surface area (Å²) in [4.78, 5) is 22.2. The van der Waals surface area contributed by atoms with Crippen LogP contribution in [0, 0.1) is 13.8 Å². The Morgan fingerprint density at radius 3 is 2.38 bits per heavy atom. The molecule has 1 rings (SSSR count). The molecule has 0 aromatic heterocycles. The molecule has 2 nitrogen and oxygen atoms in total. The standard InChI is InChI=1S/C10H9IO2/c1-6-3-4-7(2)8(5-6)9(12)10(11)13/h3-5H,1-2H3. The SMILES string of the molecule is Cc1ccc(C)c(C(=O)C(=O)I)c1. The molecule has 0 heterocycles. The van der Waals surface area contributed by atoms with Gasteiger partial charge in [-0.1, -0.05) is 17.7 Å². The normalized spacial score (nSPS) is 9.77. The first-order valence-electron chi connectivity index (χ1n) is 3.84. The van der Waals surface area contributed by atoms with Crippen LogP contribution in [0.5, 0.6) is 0 Å². The number of carbonyl (C=O) groups excluding carboxylic acids is 2. The van der Waals surface area contributed by atoms with Crippen molar-refractivity contribution in [1.82, 2.24) is 0 Å². The monoisotopic (exact) mass is 288 g/mol. The Morgan fingerprint density at radius 1 is 1.23 bits per heavy atom. The summed E-state index contributed by atoms with van der Waals surface area (Å²) in [5.41, 5.74) is 2.35. The molecule has 1 aromatic rings. The highest BCUT2D eigenvalue weighted by Crippen LogP contribution is 2.12. The molecule has 0 aliphatic rings. The van der Waals surface area contributed by atoms with Gasteiger partial charge >= 0.3 is 0 Å². The Kier molecular flexibility index (Phi) is 3.19. The Morgan fingerprint density at radius 2 is 1.85 bits per heavy atom. The predicted octanol–water partition coefficient (Wildman–Crippen LogP) is 2.45. The van der Waals surface area contributed by atoms with Crippen LogP contribution in [0.4, 0.5) is 0 Å². The number of hydrogen-bond donors (Lipinski definition) is 0. The quantitative estimate of drug-likeness (QED) is 0.362. The van der Waals surface area contributed by atoms with Crippen molar-refractivity contribution in [3.63, 3.8) is 0 Å². The summed E-state index contributed by atoms with van der Waals surface area (Å²) >= 11 is 1.51. The Balaban J connectivity index is 3.21. The molecule has 0 radical (unpaired) electrons. The second-order valence-corrected chi connectivity index (χ2v) is 3.90. The predicted molar refractivity (Wildman–Crippen MR) is 59.3 cm³/mol. The molecule has 0 bridgehead atoms. The van der Waals surface area contributed by atoms with Gasteiger partial charge in [-0.15, -0.1) is 0 Å².